The summed E-state index contributed by atoms with van der Waals surface area (Å²) in [6.07, 6.45) is 8.91. The van der Waals surface area contributed by atoms with Crippen LogP contribution in [0.4, 0.5) is 5.00 Å². The fourth-order valence-electron chi connectivity index (χ4n) is 5.32. The van der Waals surface area contributed by atoms with Crippen LogP contribution in [0.15, 0.2) is 47.2 Å². The number of carbonyl (C=O) groups excluding carboxylic acids is 2. The SMILES string of the molecule is CCOC(=O)c1c(N2C(N)=C(C#N)C(c3cccnc3)C3=C2CCCC3=O)sc2c1CCCC2. The molecule has 0 radical (unpaired) electrons. The molecule has 0 saturated carbocycles. The molecule has 0 bridgehead atoms. The smallest absolute Gasteiger partial charge is 0.341 e. The van der Waals surface area contributed by atoms with Crippen molar-refractivity contribution < 1.29 is 14.3 Å². The fraction of sp³-hybridized carbons (Fsp3) is 0.385. The third-order valence-electron chi connectivity index (χ3n) is 6.77. The number of ether oxygens (including phenoxy) is 1. The second-order valence-corrected chi connectivity index (χ2v) is 9.80. The summed E-state index contributed by atoms with van der Waals surface area (Å²) in [6, 6.07) is 5.95. The quantitative estimate of drug-likeness (QED) is 0.650. The number of rotatable bonds is 4. The number of thiophene rings is 1. The molecule has 2 aromatic rings. The minimum atomic E-state index is -0.557. The number of fused-ring (bicyclic) bond motifs is 1. The van der Waals surface area contributed by atoms with E-state index in [2.05, 4.69) is 11.1 Å². The van der Waals surface area contributed by atoms with Gasteiger partial charge < -0.3 is 10.5 Å². The summed E-state index contributed by atoms with van der Waals surface area (Å²) in [5.74, 6) is -0.645. The van der Waals surface area contributed by atoms with E-state index >= 15 is 0 Å². The maximum absolute atomic E-state index is 13.3. The number of Topliss-reactive ketones (excluding diaryl/α,β-unsaturated/α-hetero) is 1. The molecule has 0 spiro atoms. The van der Waals surface area contributed by atoms with Crippen molar-refractivity contribution in [1.82, 2.24) is 4.98 Å². The highest BCUT2D eigenvalue weighted by atomic mass is 32.1. The van der Waals surface area contributed by atoms with Gasteiger partial charge in [-0.1, -0.05) is 6.07 Å². The Bertz CT molecular complexity index is 1270. The maximum Gasteiger partial charge on any atom is 0.341 e. The number of nitrogens with two attached hydrogens (primary N) is 1. The number of nitriles is 1. The average Bonchev–Trinajstić information content (AvgIpc) is 3.23. The highest BCUT2D eigenvalue weighted by molar-refractivity contribution is 7.16. The Morgan fingerprint density at radius 3 is 2.85 bits per heavy atom. The van der Waals surface area contributed by atoms with Gasteiger partial charge in [0.25, 0.3) is 0 Å². The monoisotopic (exact) mass is 474 g/mol. The van der Waals surface area contributed by atoms with Crippen LogP contribution in [0.3, 0.4) is 0 Å². The zero-order valence-electron chi connectivity index (χ0n) is 19.1. The number of allylic oxidation sites excluding steroid dienone is 3. The third kappa shape index (κ3) is 3.51. The molecule has 0 saturated heterocycles. The van der Waals surface area contributed by atoms with Crippen LogP contribution in [0, 0.1) is 11.3 Å². The molecule has 3 aliphatic rings. The Morgan fingerprint density at radius 2 is 2.12 bits per heavy atom. The highest BCUT2D eigenvalue weighted by Gasteiger charge is 2.42. The molecule has 0 amide bonds. The molecule has 34 heavy (non-hydrogen) atoms. The van der Waals surface area contributed by atoms with Crippen molar-refractivity contribution in [2.24, 2.45) is 5.73 Å². The summed E-state index contributed by atoms with van der Waals surface area (Å²) in [6.45, 7) is 2.06. The molecule has 2 aliphatic carbocycles. The lowest BCUT2D eigenvalue weighted by Gasteiger charge is -2.39. The standard InChI is InChI=1S/C26H26N4O3S/c1-2-33-26(32)22-16-8-3-4-11-20(16)34-25(22)30-18-9-5-10-19(31)23(18)21(17(13-27)24(30)28)15-7-6-12-29-14-15/h6-7,12,14,21H,2-5,8-11,28H2,1H3. The van der Waals surface area contributed by atoms with E-state index in [9.17, 15) is 14.9 Å². The van der Waals surface area contributed by atoms with Crippen LogP contribution >= 0.6 is 11.3 Å². The summed E-state index contributed by atoms with van der Waals surface area (Å²) in [7, 11) is 0. The molecular weight excluding hydrogens is 448 g/mol. The Balaban J connectivity index is 1.76. The molecule has 2 aromatic heterocycles. The van der Waals surface area contributed by atoms with E-state index < -0.39 is 5.92 Å². The molecule has 3 heterocycles. The molecular formula is C26H26N4O3S. The van der Waals surface area contributed by atoms with Crippen LogP contribution in [0.5, 0.6) is 0 Å². The molecule has 5 rings (SSSR count). The lowest BCUT2D eigenvalue weighted by molar-refractivity contribution is -0.116. The molecule has 1 aliphatic heterocycles. The van der Waals surface area contributed by atoms with Gasteiger partial charge in [-0.3, -0.25) is 14.7 Å². The van der Waals surface area contributed by atoms with Gasteiger partial charge in [-0.2, -0.15) is 5.26 Å². The van der Waals surface area contributed by atoms with E-state index in [0.29, 0.717) is 41.0 Å². The predicted octanol–water partition coefficient (Wildman–Crippen LogP) is 4.50. The van der Waals surface area contributed by atoms with Crippen LogP contribution in [-0.4, -0.2) is 23.3 Å². The van der Waals surface area contributed by atoms with Crippen LogP contribution in [0.1, 0.15) is 71.3 Å². The molecule has 2 N–H and O–H groups in total. The van der Waals surface area contributed by atoms with Gasteiger partial charge in [0.15, 0.2) is 5.78 Å². The largest absolute Gasteiger partial charge is 0.462 e. The number of ketones is 1. The summed E-state index contributed by atoms with van der Waals surface area (Å²) in [4.78, 5) is 33.7. The number of carbonyl (C=O) groups is 2. The average molecular weight is 475 g/mol. The molecule has 1 unspecified atom stereocenters. The lowest BCUT2D eigenvalue weighted by Crippen LogP contribution is -2.39. The number of pyridine rings is 1. The fourth-order valence-corrected chi connectivity index (χ4v) is 6.74. The second kappa shape index (κ2) is 9.07. The number of aromatic nitrogens is 1. The van der Waals surface area contributed by atoms with Crippen molar-refractivity contribution in [2.75, 3.05) is 11.5 Å². The molecule has 174 valence electrons. The van der Waals surface area contributed by atoms with Crippen LogP contribution in [0.2, 0.25) is 0 Å². The van der Waals surface area contributed by atoms with Gasteiger partial charge in [-0.05, 0) is 62.6 Å². The van der Waals surface area contributed by atoms with E-state index in [1.165, 1.54) is 11.3 Å². The van der Waals surface area contributed by atoms with Crippen LogP contribution < -0.4 is 10.6 Å². The van der Waals surface area contributed by atoms with Crippen molar-refractivity contribution >= 4 is 28.1 Å². The van der Waals surface area contributed by atoms with Gasteiger partial charge in [-0.25, -0.2) is 4.79 Å². The van der Waals surface area contributed by atoms with Gasteiger partial charge in [0, 0.05) is 35.0 Å². The number of hydrogen-bond donors (Lipinski definition) is 1. The molecule has 8 heteroatoms. The van der Waals surface area contributed by atoms with Crippen molar-refractivity contribution in [3.8, 4) is 6.07 Å². The minimum absolute atomic E-state index is 0.0133. The van der Waals surface area contributed by atoms with Crippen molar-refractivity contribution in [1.29, 1.82) is 5.26 Å². The van der Waals surface area contributed by atoms with Gasteiger partial charge >= 0.3 is 5.97 Å². The Kier molecular flexibility index (Phi) is 5.96. The Morgan fingerprint density at radius 1 is 1.29 bits per heavy atom. The number of anilines is 1. The number of nitrogens with zero attached hydrogens (tertiary/aromatic N) is 3. The zero-order valence-corrected chi connectivity index (χ0v) is 19.9. The van der Waals surface area contributed by atoms with Crippen LogP contribution in [-0.2, 0) is 22.4 Å². The molecule has 0 aromatic carbocycles. The first kappa shape index (κ1) is 22.4. The minimum Gasteiger partial charge on any atom is -0.462 e. The molecule has 1 atom stereocenters. The first-order chi connectivity index (χ1) is 16.6. The number of aryl methyl sites for hydroxylation is 1. The van der Waals surface area contributed by atoms with Crippen LogP contribution in [0.25, 0.3) is 0 Å². The van der Waals surface area contributed by atoms with Crippen molar-refractivity contribution in [2.45, 2.75) is 57.8 Å². The maximum atomic E-state index is 13.3. The first-order valence-corrected chi connectivity index (χ1v) is 12.6. The first-order valence-electron chi connectivity index (χ1n) is 11.7. The van der Waals surface area contributed by atoms with E-state index in [-0.39, 0.29) is 24.2 Å². The topological polar surface area (TPSA) is 109 Å². The Hall–Kier alpha value is -3.44. The van der Waals surface area contributed by atoms with Gasteiger partial charge in [0.05, 0.1) is 29.7 Å². The zero-order chi connectivity index (χ0) is 23.8. The van der Waals surface area contributed by atoms with E-state index in [1.807, 2.05) is 11.0 Å². The second-order valence-electron chi connectivity index (χ2n) is 8.71. The molecule has 7 nitrogen and oxygen atoms in total. The van der Waals surface area contributed by atoms with Crippen molar-refractivity contribution in [3.05, 3.63) is 68.8 Å². The lowest BCUT2D eigenvalue weighted by atomic mass is 9.76. The predicted molar refractivity (Wildman–Crippen MR) is 129 cm³/mol. The van der Waals surface area contributed by atoms with E-state index in [4.69, 9.17) is 10.5 Å². The summed E-state index contributed by atoms with van der Waals surface area (Å²) < 4.78 is 5.45. The number of hydrogen-bond acceptors (Lipinski definition) is 8. The summed E-state index contributed by atoms with van der Waals surface area (Å²) in [5, 5.41) is 10.9. The van der Waals surface area contributed by atoms with E-state index in [1.54, 1.807) is 25.4 Å². The summed E-state index contributed by atoms with van der Waals surface area (Å²) >= 11 is 1.54. The number of esters is 1. The molecule has 0 fully saturated rings. The summed E-state index contributed by atoms with van der Waals surface area (Å²) in [5.41, 5.74) is 10.7. The highest BCUT2D eigenvalue weighted by Crippen LogP contribution is 2.50. The Labute approximate surface area is 202 Å². The van der Waals surface area contributed by atoms with Gasteiger partial charge in [-0.15, -0.1) is 11.3 Å². The van der Waals surface area contributed by atoms with Gasteiger partial charge in [0.1, 0.15) is 10.8 Å². The van der Waals surface area contributed by atoms with E-state index in [0.717, 1.165) is 47.4 Å². The third-order valence-corrected chi connectivity index (χ3v) is 8.04. The van der Waals surface area contributed by atoms with Crippen molar-refractivity contribution in [3.63, 3.8) is 0 Å². The van der Waals surface area contributed by atoms with Gasteiger partial charge in [0.2, 0.25) is 0 Å². The normalized spacial score (nSPS) is 20.1.